The third-order valence-corrected chi connectivity index (χ3v) is 7.40. The number of halogens is 1. The van der Waals surface area contributed by atoms with E-state index in [2.05, 4.69) is 5.32 Å². The van der Waals surface area contributed by atoms with E-state index in [1.165, 1.54) is 29.4 Å². The molecule has 2 aromatic rings. The predicted octanol–water partition coefficient (Wildman–Crippen LogP) is 3.28. The number of carbonyl (C=O) groups is 2. The van der Waals surface area contributed by atoms with E-state index in [0.717, 1.165) is 11.3 Å². The average molecular weight is 497 g/mol. The number of hydrogen-bond acceptors (Lipinski definition) is 6. The van der Waals surface area contributed by atoms with Crippen LogP contribution >= 0.6 is 11.6 Å². The molecule has 0 fully saturated rings. The van der Waals surface area contributed by atoms with E-state index in [9.17, 15) is 18.0 Å². The van der Waals surface area contributed by atoms with Crippen LogP contribution in [0.1, 0.15) is 36.7 Å². The molecule has 1 amide bonds. The molecule has 0 spiro atoms. The monoisotopic (exact) mass is 496 g/mol. The second-order valence-electron chi connectivity index (χ2n) is 7.17. The summed E-state index contributed by atoms with van der Waals surface area (Å²) in [5, 5.41) is 2.75. The van der Waals surface area contributed by atoms with Crippen LogP contribution in [0.2, 0.25) is 5.02 Å². The van der Waals surface area contributed by atoms with Crippen molar-refractivity contribution in [2.45, 2.75) is 38.2 Å². The van der Waals surface area contributed by atoms with Gasteiger partial charge >= 0.3 is 5.97 Å². The van der Waals surface area contributed by atoms with Gasteiger partial charge in [0.05, 0.1) is 22.6 Å². The van der Waals surface area contributed by atoms with Gasteiger partial charge in [0.15, 0.2) is 6.10 Å². The maximum absolute atomic E-state index is 12.7. The van der Waals surface area contributed by atoms with E-state index in [1.54, 1.807) is 21.0 Å². The van der Waals surface area contributed by atoms with Crippen LogP contribution in [0.5, 0.6) is 5.75 Å². The van der Waals surface area contributed by atoms with E-state index in [1.807, 2.05) is 24.3 Å². The highest BCUT2D eigenvalue weighted by molar-refractivity contribution is 7.89. The van der Waals surface area contributed by atoms with Crippen molar-refractivity contribution in [3.63, 3.8) is 0 Å². The van der Waals surface area contributed by atoms with Crippen LogP contribution in [0.25, 0.3) is 0 Å². The first-order valence-corrected chi connectivity index (χ1v) is 12.4. The first-order chi connectivity index (χ1) is 15.6. The van der Waals surface area contributed by atoms with Gasteiger partial charge in [-0.1, -0.05) is 37.6 Å². The Balaban J connectivity index is 2.00. The van der Waals surface area contributed by atoms with Gasteiger partial charge in [-0.05, 0) is 49.2 Å². The number of ether oxygens (including phenoxy) is 2. The minimum atomic E-state index is -3.78. The normalized spacial score (nSPS) is 12.3. The molecule has 2 aromatic carbocycles. The third-order valence-electron chi connectivity index (χ3n) is 5.03. The van der Waals surface area contributed by atoms with E-state index in [4.69, 9.17) is 21.1 Å². The van der Waals surface area contributed by atoms with Gasteiger partial charge in [0.2, 0.25) is 10.0 Å². The van der Waals surface area contributed by atoms with Gasteiger partial charge in [0, 0.05) is 19.6 Å². The summed E-state index contributed by atoms with van der Waals surface area (Å²) < 4.78 is 37.1. The van der Waals surface area contributed by atoms with Crippen LogP contribution in [-0.2, 0) is 26.0 Å². The van der Waals surface area contributed by atoms with Crippen LogP contribution in [0.3, 0.4) is 0 Å². The minimum Gasteiger partial charge on any atom is -0.497 e. The SMILES string of the molecule is CCN(CC)S(=O)(=O)c1ccc(Cl)c(C(=O)OC(C)C(=O)NCCc2ccc(OC)cc2)c1. The number of hydrogen-bond donors (Lipinski definition) is 1. The fraction of sp³-hybridized carbons (Fsp3) is 0.391. The summed E-state index contributed by atoms with van der Waals surface area (Å²) in [6, 6.07) is 11.3. The fourth-order valence-corrected chi connectivity index (χ4v) is 4.76. The minimum absolute atomic E-state index is 0.0330. The molecule has 1 N–H and O–H groups in total. The van der Waals surface area contributed by atoms with Gasteiger partial charge in [-0.3, -0.25) is 4.79 Å². The molecule has 1 atom stereocenters. The molecule has 0 aliphatic carbocycles. The topological polar surface area (TPSA) is 102 Å². The van der Waals surface area contributed by atoms with E-state index in [0.29, 0.717) is 13.0 Å². The van der Waals surface area contributed by atoms with Gasteiger partial charge in [0.1, 0.15) is 5.75 Å². The van der Waals surface area contributed by atoms with E-state index >= 15 is 0 Å². The van der Waals surface area contributed by atoms with Crippen molar-refractivity contribution in [2.75, 3.05) is 26.7 Å². The van der Waals surface area contributed by atoms with E-state index < -0.39 is 28.0 Å². The summed E-state index contributed by atoms with van der Waals surface area (Å²) >= 11 is 6.11. The average Bonchev–Trinajstić information content (AvgIpc) is 2.80. The lowest BCUT2D eigenvalue weighted by atomic mass is 10.1. The van der Waals surface area contributed by atoms with Crippen molar-refractivity contribution in [2.24, 2.45) is 0 Å². The predicted molar refractivity (Wildman–Crippen MR) is 126 cm³/mol. The van der Waals surface area contributed by atoms with Crippen LogP contribution in [0.4, 0.5) is 0 Å². The van der Waals surface area contributed by atoms with Crippen molar-refractivity contribution in [3.05, 3.63) is 58.6 Å². The summed E-state index contributed by atoms with van der Waals surface area (Å²) in [4.78, 5) is 24.9. The van der Waals surface area contributed by atoms with Gasteiger partial charge in [-0.2, -0.15) is 4.31 Å². The van der Waals surface area contributed by atoms with E-state index in [-0.39, 0.29) is 28.6 Å². The fourth-order valence-electron chi connectivity index (χ4n) is 3.08. The van der Waals surface area contributed by atoms with Crippen molar-refractivity contribution in [3.8, 4) is 5.75 Å². The van der Waals surface area contributed by atoms with Crippen LogP contribution < -0.4 is 10.1 Å². The highest BCUT2D eigenvalue weighted by atomic mass is 35.5. The molecule has 2 rings (SSSR count). The first-order valence-electron chi connectivity index (χ1n) is 10.5. The summed E-state index contributed by atoms with van der Waals surface area (Å²) in [5.74, 6) is -0.606. The molecule has 8 nitrogen and oxygen atoms in total. The van der Waals surface area contributed by atoms with Crippen molar-refractivity contribution in [1.82, 2.24) is 9.62 Å². The van der Waals surface area contributed by atoms with Gasteiger partial charge in [-0.15, -0.1) is 0 Å². The largest absolute Gasteiger partial charge is 0.497 e. The molecule has 1 unspecified atom stereocenters. The smallest absolute Gasteiger partial charge is 0.340 e. The number of amides is 1. The number of sulfonamides is 1. The number of rotatable bonds is 11. The highest BCUT2D eigenvalue weighted by Crippen LogP contribution is 2.24. The molecule has 0 heterocycles. The lowest BCUT2D eigenvalue weighted by molar-refractivity contribution is -0.129. The number of esters is 1. The molecular weight excluding hydrogens is 468 g/mol. The molecule has 10 heteroatoms. The maximum atomic E-state index is 12.7. The standard InChI is InChI=1S/C23H29ClN2O6S/c1-5-26(6-2)33(29,30)19-11-12-21(24)20(15-19)23(28)32-16(3)22(27)25-14-13-17-7-9-18(31-4)10-8-17/h7-12,15-16H,5-6,13-14H2,1-4H3,(H,25,27). The lowest BCUT2D eigenvalue weighted by Crippen LogP contribution is -2.37. The van der Waals surface area contributed by atoms with Gasteiger partial charge < -0.3 is 14.8 Å². The van der Waals surface area contributed by atoms with Crippen molar-refractivity contribution in [1.29, 1.82) is 0 Å². The molecule has 0 bridgehead atoms. The van der Waals surface area contributed by atoms with Crippen molar-refractivity contribution < 1.29 is 27.5 Å². The highest BCUT2D eigenvalue weighted by Gasteiger charge is 2.26. The molecule has 33 heavy (non-hydrogen) atoms. The Hall–Kier alpha value is -2.62. The molecule has 180 valence electrons. The number of benzene rings is 2. The summed E-state index contributed by atoms with van der Waals surface area (Å²) in [7, 11) is -2.19. The summed E-state index contributed by atoms with van der Waals surface area (Å²) in [5.41, 5.74) is 0.890. The molecular formula is C23H29ClN2O6S. The summed E-state index contributed by atoms with van der Waals surface area (Å²) in [6.07, 6.45) is -0.500. The first kappa shape index (κ1) is 26.6. The Labute approximate surface area is 199 Å². The zero-order valence-corrected chi connectivity index (χ0v) is 20.7. The zero-order valence-electron chi connectivity index (χ0n) is 19.1. The molecule has 0 radical (unpaired) electrons. The zero-order chi connectivity index (χ0) is 24.6. The van der Waals surface area contributed by atoms with Crippen LogP contribution in [-0.4, -0.2) is 57.4 Å². The molecule has 0 aliphatic rings. The number of methoxy groups -OCH3 is 1. The third kappa shape index (κ3) is 6.93. The summed E-state index contributed by atoms with van der Waals surface area (Å²) in [6.45, 7) is 5.81. The van der Waals surface area contributed by atoms with Gasteiger partial charge in [-0.25, -0.2) is 13.2 Å². The number of nitrogens with one attached hydrogen (secondary N) is 1. The van der Waals surface area contributed by atoms with Crippen LogP contribution in [0.15, 0.2) is 47.4 Å². The lowest BCUT2D eigenvalue weighted by Gasteiger charge is -2.19. The Morgan fingerprint density at radius 3 is 2.30 bits per heavy atom. The quantitative estimate of drug-likeness (QED) is 0.479. The molecule has 0 aromatic heterocycles. The molecule has 0 saturated heterocycles. The maximum Gasteiger partial charge on any atom is 0.340 e. The Morgan fingerprint density at radius 2 is 1.73 bits per heavy atom. The Kier molecular flexibility index (Phi) is 9.70. The Bertz CT molecular complexity index is 1070. The van der Waals surface area contributed by atoms with Gasteiger partial charge in [0.25, 0.3) is 5.91 Å². The second-order valence-corrected chi connectivity index (χ2v) is 9.51. The van der Waals surface area contributed by atoms with Crippen molar-refractivity contribution >= 4 is 33.5 Å². The molecule has 0 saturated carbocycles. The number of nitrogens with zero attached hydrogens (tertiary/aromatic N) is 1. The van der Waals surface area contributed by atoms with Crippen LogP contribution in [0, 0.1) is 0 Å². The Morgan fingerprint density at radius 1 is 1.09 bits per heavy atom. The second kappa shape index (κ2) is 12.0. The number of carbonyl (C=O) groups excluding carboxylic acids is 2. The molecule has 0 aliphatic heterocycles.